The van der Waals surface area contributed by atoms with Crippen molar-refractivity contribution in [3.05, 3.63) is 77.4 Å². The molecule has 5 heteroatoms. The van der Waals surface area contributed by atoms with E-state index in [2.05, 4.69) is 17.3 Å². The summed E-state index contributed by atoms with van der Waals surface area (Å²) >= 11 is 0. The van der Waals surface area contributed by atoms with E-state index in [4.69, 9.17) is 0 Å². The lowest BCUT2D eigenvalue weighted by molar-refractivity contribution is 0.473. The second-order valence-corrected chi connectivity index (χ2v) is 5.85. The highest BCUT2D eigenvalue weighted by molar-refractivity contribution is 5.36. The van der Waals surface area contributed by atoms with Crippen molar-refractivity contribution >= 4 is 0 Å². The molecule has 0 bridgehead atoms. The Morgan fingerprint density at radius 3 is 2.75 bits per heavy atom. The fraction of sp³-hybridized carbons (Fsp3) is 0.211. The van der Waals surface area contributed by atoms with Gasteiger partial charge >= 0.3 is 0 Å². The number of hydrogen-bond acceptors (Lipinski definition) is 3. The van der Waals surface area contributed by atoms with Crippen LogP contribution in [0.1, 0.15) is 29.8 Å². The number of phenolic OH excluding ortho intramolecular Hbond substituents is 1. The Morgan fingerprint density at radius 2 is 2.00 bits per heavy atom. The smallest absolute Gasteiger partial charge is 0.125 e. The molecule has 0 amide bonds. The van der Waals surface area contributed by atoms with E-state index in [9.17, 15) is 9.50 Å². The number of nitrogens with zero attached hydrogens (tertiary/aromatic N) is 2. The van der Waals surface area contributed by atoms with Gasteiger partial charge in [-0.05, 0) is 49.7 Å². The maximum Gasteiger partial charge on any atom is 0.125 e. The summed E-state index contributed by atoms with van der Waals surface area (Å²) in [6, 6.07) is 13.6. The third kappa shape index (κ3) is 3.46. The second-order valence-electron chi connectivity index (χ2n) is 5.85. The van der Waals surface area contributed by atoms with Gasteiger partial charge in [-0.25, -0.2) is 9.07 Å². The van der Waals surface area contributed by atoms with E-state index >= 15 is 0 Å². The summed E-state index contributed by atoms with van der Waals surface area (Å²) in [6.45, 7) is 4.67. The monoisotopic (exact) mass is 325 g/mol. The summed E-state index contributed by atoms with van der Waals surface area (Å²) in [4.78, 5) is 0. The molecule has 0 unspecified atom stereocenters. The lowest BCUT2D eigenvalue weighted by Crippen LogP contribution is -2.18. The van der Waals surface area contributed by atoms with Crippen LogP contribution in [0.5, 0.6) is 5.75 Å². The molecule has 0 aliphatic rings. The molecule has 0 aliphatic heterocycles. The normalized spacial score (nSPS) is 12.3. The fourth-order valence-corrected chi connectivity index (χ4v) is 2.76. The number of aromatic hydroxyl groups is 1. The molecule has 24 heavy (non-hydrogen) atoms. The molecule has 0 fully saturated rings. The van der Waals surface area contributed by atoms with Gasteiger partial charge in [0.1, 0.15) is 11.6 Å². The molecule has 3 aromatic rings. The highest BCUT2D eigenvalue weighted by atomic mass is 19.1. The molecule has 0 radical (unpaired) electrons. The Labute approximate surface area is 140 Å². The van der Waals surface area contributed by atoms with Crippen LogP contribution in [0.2, 0.25) is 0 Å². The highest BCUT2D eigenvalue weighted by Gasteiger charge is 2.14. The van der Waals surface area contributed by atoms with Crippen LogP contribution in [0.4, 0.5) is 4.39 Å². The van der Waals surface area contributed by atoms with E-state index in [1.165, 1.54) is 12.1 Å². The molecule has 1 atom stereocenters. The summed E-state index contributed by atoms with van der Waals surface area (Å²) in [5.41, 5.74) is 3.74. The van der Waals surface area contributed by atoms with E-state index in [1.807, 2.05) is 25.1 Å². The SMILES string of the molecule is Cc1c([C@H](C)NCc2cccc(O)c2)cnn1-c1cccc(F)c1. The molecule has 2 aromatic carbocycles. The maximum atomic E-state index is 13.4. The van der Waals surface area contributed by atoms with E-state index in [1.54, 1.807) is 29.1 Å². The minimum absolute atomic E-state index is 0.0784. The molecule has 3 rings (SSSR count). The van der Waals surface area contributed by atoms with Crippen molar-refractivity contribution in [2.45, 2.75) is 26.4 Å². The third-order valence-electron chi connectivity index (χ3n) is 4.09. The van der Waals surface area contributed by atoms with E-state index < -0.39 is 0 Å². The Kier molecular flexibility index (Phi) is 4.62. The summed E-state index contributed by atoms with van der Waals surface area (Å²) in [7, 11) is 0. The van der Waals surface area contributed by atoms with Gasteiger partial charge in [-0.3, -0.25) is 0 Å². The molecule has 0 saturated carbocycles. The van der Waals surface area contributed by atoms with Crippen molar-refractivity contribution in [3.8, 4) is 11.4 Å². The van der Waals surface area contributed by atoms with Crippen molar-refractivity contribution in [1.29, 1.82) is 0 Å². The zero-order chi connectivity index (χ0) is 17.1. The van der Waals surface area contributed by atoms with Crippen molar-refractivity contribution in [2.24, 2.45) is 0 Å². The first kappa shape index (κ1) is 16.2. The summed E-state index contributed by atoms with van der Waals surface area (Å²) in [6.07, 6.45) is 1.81. The number of phenols is 1. The number of halogens is 1. The number of benzene rings is 2. The van der Waals surface area contributed by atoms with Crippen LogP contribution in [0.15, 0.2) is 54.7 Å². The average Bonchev–Trinajstić information content (AvgIpc) is 2.94. The minimum atomic E-state index is -0.279. The largest absolute Gasteiger partial charge is 0.508 e. The summed E-state index contributed by atoms with van der Waals surface area (Å²) in [5, 5.41) is 17.3. The van der Waals surface area contributed by atoms with E-state index in [0.717, 1.165) is 16.8 Å². The molecule has 0 aliphatic carbocycles. The predicted octanol–water partition coefficient (Wildman–Crippen LogP) is 3.88. The van der Waals surface area contributed by atoms with Crippen LogP contribution >= 0.6 is 0 Å². The molecule has 0 spiro atoms. The van der Waals surface area contributed by atoms with Crippen molar-refractivity contribution in [2.75, 3.05) is 0 Å². The Bertz CT molecular complexity index is 844. The molecule has 2 N–H and O–H groups in total. The second kappa shape index (κ2) is 6.84. The molecule has 0 saturated heterocycles. The van der Waals surface area contributed by atoms with Gasteiger partial charge in [0.25, 0.3) is 0 Å². The van der Waals surface area contributed by atoms with Crippen molar-refractivity contribution in [1.82, 2.24) is 15.1 Å². The van der Waals surface area contributed by atoms with Gasteiger partial charge in [-0.1, -0.05) is 18.2 Å². The van der Waals surface area contributed by atoms with Gasteiger partial charge in [0.2, 0.25) is 0 Å². The standard InChI is InChI=1S/C19H20FN3O/c1-13(21-11-15-5-3-8-18(24)9-15)19-12-22-23(14(19)2)17-7-4-6-16(20)10-17/h3-10,12-13,21,24H,11H2,1-2H3/t13-/m0/s1. The van der Waals surface area contributed by atoms with Gasteiger partial charge in [0.15, 0.2) is 0 Å². The molecular formula is C19H20FN3O. The molecule has 1 heterocycles. The zero-order valence-corrected chi connectivity index (χ0v) is 13.7. The van der Waals surface area contributed by atoms with Crippen molar-refractivity contribution in [3.63, 3.8) is 0 Å². The van der Waals surface area contributed by atoms with Gasteiger partial charge in [0.05, 0.1) is 11.9 Å². The number of aromatic nitrogens is 2. The molecular weight excluding hydrogens is 305 g/mol. The van der Waals surface area contributed by atoms with Gasteiger partial charge in [-0.2, -0.15) is 5.10 Å². The van der Waals surface area contributed by atoms with E-state index in [0.29, 0.717) is 12.2 Å². The van der Waals surface area contributed by atoms with Crippen molar-refractivity contribution < 1.29 is 9.50 Å². The fourth-order valence-electron chi connectivity index (χ4n) is 2.76. The predicted molar refractivity (Wildman–Crippen MR) is 91.6 cm³/mol. The third-order valence-corrected chi connectivity index (χ3v) is 4.09. The van der Waals surface area contributed by atoms with Crippen LogP contribution in [0.3, 0.4) is 0 Å². The highest BCUT2D eigenvalue weighted by Crippen LogP contribution is 2.21. The summed E-state index contributed by atoms with van der Waals surface area (Å²) in [5.74, 6) is -0.0175. The number of nitrogens with one attached hydrogen (secondary N) is 1. The van der Waals surface area contributed by atoms with Gasteiger partial charge in [0, 0.05) is 23.8 Å². The number of hydrogen-bond donors (Lipinski definition) is 2. The first-order valence-corrected chi connectivity index (χ1v) is 7.86. The zero-order valence-electron chi connectivity index (χ0n) is 13.7. The summed E-state index contributed by atoms with van der Waals surface area (Å²) < 4.78 is 15.2. The lowest BCUT2D eigenvalue weighted by atomic mass is 10.1. The molecule has 1 aromatic heterocycles. The Morgan fingerprint density at radius 1 is 1.21 bits per heavy atom. The van der Waals surface area contributed by atoms with Gasteiger partial charge < -0.3 is 10.4 Å². The molecule has 124 valence electrons. The van der Waals surface area contributed by atoms with Crippen LogP contribution in [-0.2, 0) is 6.54 Å². The first-order valence-electron chi connectivity index (χ1n) is 7.86. The van der Waals surface area contributed by atoms with Crippen LogP contribution < -0.4 is 5.32 Å². The van der Waals surface area contributed by atoms with Crippen LogP contribution in [0.25, 0.3) is 5.69 Å². The number of rotatable bonds is 5. The van der Waals surface area contributed by atoms with E-state index in [-0.39, 0.29) is 17.6 Å². The first-order chi connectivity index (χ1) is 11.5. The minimum Gasteiger partial charge on any atom is -0.508 e. The molecule has 4 nitrogen and oxygen atoms in total. The van der Waals surface area contributed by atoms with Crippen LogP contribution in [0, 0.1) is 12.7 Å². The average molecular weight is 325 g/mol. The topological polar surface area (TPSA) is 50.1 Å². The maximum absolute atomic E-state index is 13.4. The van der Waals surface area contributed by atoms with Crippen LogP contribution in [-0.4, -0.2) is 14.9 Å². The quantitative estimate of drug-likeness (QED) is 0.748. The lowest BCUT2D eigenvalue weighted by Gasteiger charge is -2.14. The van der Waals surface area contributed by atoms with Gasteiger partial charge in [-0.15, -0.1) is 0 Å². The Balaban J connectivity index is 1.75. The Hall–Kier alpha value is -2.66.